The fraction of sp³-hybridized carbons (Fsp3) is 0.833. The van der Waals surface area contributed by atoms with Crippen LogP contribution in [0.5, 0.6) is 0 Å². The molecule has 8 heavy (non-hydrogen) atoms. The van der Waals surface area contributed by atoms with E-state index in [0.29, 0.717) is 11.8 Å². The minimum atomic E-state index is 0.374. The Bertz CT molecular complexity index is 54.5. The van der Waals surface area contributed by atoms with Crippen molar-refractivity contribution >= 4 is 10.2 Å². The summed E-state index contributed by atoms with van der Waals surface area (Å²) in [7, 11) is 1.10. The van der Waals surface area contributed by atoms with Gasteiger partial charge < -0.3 is 4.74 Å². The van der Waals surface area contributed by atoms with E-state index < -0.39 is 0 Å². The van der Waals surface area contributed by atoms with Crippen molar-refractivity contribution in [1.82, 2.24) is 0 Å². The van der Waals surface area contributed by atoms with Crippen LogP contribution in [0.2, 0.25) is 0 Å². The first-order chi connectivity index (χ1) is 3.66. The van der Waals surface area contributed by atoms with Crippen LogP contribution in [0.25, 0.3) is 0 Å². The van der Waals surface area contributed by atoms with Crippen LogP contribution in [0.1, 0.15) is 20.3 Å². The molecule has 0 rings (SSSR count). The normalized spacial score (nSPS) is 15.0. The summed E-state index contributed by atoms with van der Waals surface area (Å²) in [6.07, 6.45) is 1.30. The molecule has 1 nitrogen and oxygen atoms in total. The summed E-state index contributed by atoms with van der Waals surface area (Å²) in [5, 5.41) is 0. The molecule has 0 saturated carbocycles. The van der Waals surface area contributed by atoms with Crippen molar-refractivity contribution in [3.63, 3.8) is 0 Å². The van der Waals surface area contributed by atoms with E-state index in [4.69, 9.17) is 4.74 Å². The molecule has 0 aromatic carbocycles. The van der Waals surface area contributed by atoms with Gasteiger partial charge in [0, 0.05) is 16.0 Å². The van der Waals surface area contributed by atoms with Gasteiger partial charge in [-0.2, -0.15) is 0 Å². The van der Waals surface area contributed by atoms with E-state index >= 15 is 0 Å². The van der Waals surface area contributed by atoms with Crippen molar-refractivity contribution in [3.8, 4) is 0 Å². The third kappa shape index (κ3) is 4.34. The van der Waals surface area contributed by atoms with Crippen molar-refractivity contribution in [3.05, 3.63) is 6.92 Å². The number of hydrogen-bond acceptors (Lipinski definition) is 1. The van der Waals surface area contributed by atoms with Crippen LogP contribution in [-0.2, 0) is 4.74 Å². The Morgan fingerprint density at radius 3 is 2.25 bits per heavy atom. The van der Waals surface area contributed by atoms with Gasteiger partial charge in [0.1, 0.15) is 0 Å². The standard InChI is InChI=1S/C6H15OSi/c1-4-6(8)7-5(2)3/h5-6H,1,4H2,2-3,8H3. The quantitative estimate of drug-likeness (QED) is 0.501. The highest BCUT2D eigenvalue weighted by atomic mass is 28.1. The summed E-state index contributed by atoms with van der Waals surface area (Å²) in [4.78, 5) is 0. The highest BCUT2D eigenvalue weighted by Crippen LogP contribution is 1.95. The highest BCUT2D eigenvalue weighted by molar-refractivity contribution is 6.11. The molecular formula is C6H15OSi. The van der Waals surface area contributed by atoms with Gasteiger partial charge in [-0.3, -0.25) is 0 Å². The van der Waals surface area contributed by atoms with Crippen LogP contribution in [0.4, 0.5) is 0 Å². The lowest BCUT2D eigenvalue weighted by Crippen LogP contribution is -2.16. The van der Waals surface area contributed by atoms with Crippen molar-refractivity contribution < 1.29 is 4.74 Å². The number of rotatable bonds is 3. The molecule has 0 spiro atoms. The molecule has 0 aliphatic heterocycles. The van der Waals surface area contributed by atoms with E-state index in [-0.39, 0.29) is 0 Å². The molecule has 0 aromatic rings. The molecule has 1 atom stereocenters. The first kappa shape index (κ1) is 8.18. The predicted octanol–water partition coefficient (Wildman–Crippen LogP) is 0.327. The molecule has 49 valence electrons. The van der Waals surface area contributed by atoms with E-state index in [1.54, 1.807) is 0 Å². The number of ether oxygens (including phenoxy) is 1. The minimum Gasteiger partial charge on any atom is -0.380 e. The second kappa shape index (κ2) is 4.10. The molecule has 0 N–H and O–H groups in total. The first-order valence-corrected chi connectivity index (χ1v) is 4.27. The fourth-order valence-electron chi connectivity index (χ4n) is 0.533. The van der Waals surface area contributed by atoms with Gasteiger partial charge in [-0.1, -0.05) is 6.92 Å². The average molecular weight is 131 g/mol. The van der Waals surface area contributed by atoms with Gasteiger partial charge in [0.25, 0.3) is 0 Å². The second-order valence-electron chi connectivity index (χ2n) is 2.28. The van der Waals surface area contributed by atoms with Gasteiger partial charge in [-0.05, 0) is 20.3 Å². The van der Waals surface area contributed by atoms with Crippen molar-refractivity contribution in [2.75, 3.05) is 0 Å². The maximum Gasteiger partial charge on any atom is 0.0517 e. The third-order valence-corrected chi connectivity index (χ3v) is 1.76. The van der Waals surface area contributed by atoms with E-state index in [2.05, 4.69) is 20.8 Å². The van der Waals surface area contributed by atoms with E-state index in [1.807, 2.05) is 0 Å². The SMILES string of the molecule is [CH2]CC([SiH3])OC(C)C. The van der Waals surface area contributed by atoms with Gasteiger partial charge in [0.05, 0.1) is 6.10 Å². The molecule has 0 fully saturated rings. The molecule has 0 saturated heterocycles. The second-order valence-corrected chi connectivity index (χ2v) is 3.57. The summed E-state index contributed by atoms with van der Waals surface area (Å²) in [5.41, 5.74) is 0.454. The minimum absolute atomic E-state index is 0.374. The largest absolute Gasteiger partial charge is 0.380 e. The van der Waals surface area contributed by atoms with Gasteiger partial charge in [0.15, 0.2) is 0 Å². The summed E-state index contributed by atoms with van der Waals surface area (Å²) in [6.45, 7) is 7.86. The summed E-state index contributed by atoms with van der Waals surface area (Å²) < 4.78 is 5.40. The Kier molecular flexibility index (Phi) is 4.19. The molecule has 0 bridgehead atoms. The number of hydrogen-bond donors (Lipinski definition) is 0. The Morgan fingerprint density at radius 1 is 1.62 bits per heavy atom. The average Bonchev–Trinajstić information content (AvgIpc) is 1.65. The lowest BCUT2D eigenvalue weighted by atomic mass is 10.4. The molecule has 0 aliphatic rings. The van der Waals surface area contributed by atoms with E-state index in [0.717, 1.165) is 16.7 Å². The zero-order valence-electron chi connectivity index (χ0n) is 5.98. The Balaban J connectivity index is 3.10. The van der Waals surface area contributed by atoms with E-state index in [1.165, 1.54) is 0 Å². The fourth-order valence-corrected chi connectivity index (χ4v) is 1.08. The Morgan fingerprint density at radius 2 is 2.12 bits per heavy atom. The maximum absolute atomic E-state index is 5.40. The molecule has 2 heteroatoms. The first-order valence-electron chi connectivity index (χ1n) is 3.11. The van der Waals surface area contributed by atoms with Gasteiger partial charge in [-0.15, -0.1) is 0 Å². The smallest absolute Gasteiger partial charge is 0.0517 e. The van der Waals surface area contributed by atoms with Gasteiger partial charge >= 0.3 is 0 Å². The molecular weight excluding hydrogens is 116 g/mol. The Labute approximate surface area is 54.8 Å². The van der Waals surface area contributed by atoms with E-state index in [9.17, 15) is 0 Å². The molecule has 0 aliphatic carbocycles. The van der Waals surface area contributed by atoms with Crippen LogP contribution < -0.4 is 0 Å². The lowest BCUT2D eigenvalue weighted by Gasteiger charge is -2.12. The van der Waals surface area contributed by atoms with Gasteiger partial charge in [0.2, 0.25) is 0 Å². The van der Waals surface area contributed by atoms with Gasteiger partial charge in [-0.25, -0.2) is 0 Å². The van der Waals surface area contributed by atoms with Crippen LogP contribution >= 0.6 is 0 Å². The highest BCUT2D eigenvalue weighted by Gasteiger charge is 1.99. The van der Waals surface area contributed by atoms with Crippen LogP contribution in [0.15, 0.2) is 0 Å². The van der Waals surface area contributed by atoms with Crippen LogP contribution in [-0.4, -0.2) is 22.1 Å². The van der Waals surface area contributed by atoms with Crippen molar-refractivity contribution in [2.24, 2.45) is 0 Å². The topological polar surface area (TPSA) is 9.23 Å². The maximum atomic E-state index is 5.40. The van der Waals surface area contributed by atoms with Crippen LogP contribution in [0.3, 0.4) is 0 Å². The summed E-state index contributed by atoms with van der Waals surface area (Å²) in [6, 6.07) is 0. The monoisotopic (exact) mass is 131 g/mol. The predicted molar refractivity (Wildman–Crippen MR) is 39.9 cm³/mol. The zero-order chi connectivity index (χ0) is 6.57. The molecule has 0 heterocycles. The van der Waals surface area contributed by atoms with Crippen molar-refractivity contribution in [2.45, 2.75) is 32.1 Å². The van der Waals surface area contributed by atoms with Crippen LogP contribution in [0, 0.1) is 6.92 Å². The molecule has 0 amide bonds. The summed E-state index contributed by atoms with van der Waals surface area (Å²) in [5.74, 6) is 0. The third-order valence-electron chi connectivity index (χ3n) is 0.911. The summed E-state index contributed by atoms with van der Waals surface area (Å²) >= 11 is 0. The Hall–Kier alpha value is 0.177. The molecule has 0 aromatic heterocycles. The lowest BCUT2D eigenvalue weighted by molar-refractivity contribution is 0.0559. The zero-order valence-corrected chi connectivity index (χ0v) is 7.98. The van der Waals surface area contributed by atoms with Crippen molar-refractivity contribution in [1.29, 1.82) is 0 Å². The molecule has 1 unspecified atom stereocenters. The molecule has 1 radical (unpaired) electrons.